The molecule has 3 nitrogen and oxygen atoms in total. The van der Waals surface area contributed by atoms with Crippen LogP contribution >= 0.6 is 0 Å². The van der Waals surface area contributed by atoms with Crippen molar-refractivity contribution in [2.45, 2.75) is 19.3 Å². The number of rotatable bonds is 5. The Morgan fingerprint density at radius 3 is 2.62 bits per heavy atom. The Balaban J connectivity index is 3.10. The molecule has 16 heavy (non-hydrogen) atoms. The third-order valence-corrected chi connectivity index (χ3v) is 2.31. The van der Waals surface area contributed by atoms with E-state index in [1.807, 2.05) is 0 Å². The molecule has 0 spiro atoms. The van der Waals surface area contributed by atoms with Crippen molar-refractivity contribution in [2.75, 3.05) is 13.7 Å². The molecule has 0 aliphatic rings. The summed E-state index contributed by atoms with van der Waals surface area (Å²) in [7, 11) is 1.40. The van der Waals surface area contributed by atoms with Gasteiger partial charge in [-0.1, -0.05) is 0 Å². The second kappa shape index (κ2) is 5.65. The summed E-state index contributed by atoms with van der Waals surface area (Å²) in [6, 6.07) is 2.70. The number of aromatic hydroxyl groups is 1. The van der Waals surface area contributed by atoms with Gasteiger partial charge in [-0.05, 0) is 37.1 Å². The molecular weight excluding hydrogens is 216 g/mol. The number of alkyl halides is 2. The van der Waals surface area contributed by atoms with Gasteiger partial charge in [0.15, 0.2) is 0 Å². The van der Waals surface area contributed by atoms with Crippen molar-refractivity contribution in [3.63, 3.8) is 0 Å². The molecule has 0 amide bonds. The van der Waals surface area contributed by atoms with E-state index in [9.17, 15) is 13.9 Å². The van der Waals surface area contributed by atoms with E-state index < -0.39 is 12.0 Å². The number of hydrogen-bond acceptors (Lipinski definition) is 3. The molecular formula is C11H15F2NO2. The predicted molar refractivity (Wildman–Crippen MR) is 57.0 cm³/mol. The Morgan fingerprint density at radius 1 is 1.44 bits per heavy atom. The maximum Gasteiger partial charge on any atom is 0.267 e. The van der Waals surface area contributed by atoms with Crippen molar-refractivity contribution in [2.24, 2.45) is 5.73 Å². The SMILES string of the molecule is COc1cc(CCCN)c(O)c(C(F)F)c1. The standard InChI is InChI=1S/C11H15F2NO2/c1-16-8-5-7(3-2-4-14)10(15)9(6-8)11(12)13/h5-6,11,15H,2-4,14H2,1H3. The Kier molecular flexibility index (Phi) is 4.49. The Morgan fingerprint density at radius 2 is 2.12 bits per heavy atom. The van der Waals surface area contributed by atoms with E-state index in [4.69, 9.17) is 10.5 Å². The van der Waals surface area contributed by atoms with Crippen molar-refractivity contribution in [3.8, 4) is 11.5 Å². The van der Waals surface area contributed by atoms with E-state index in [1.165, 1.54) is 7.11 Å². The van der Waals surface area contributed by atoms with Crippen LogP contribution in [0.1, 0.15) is 24.0 Å². The van der Waals surface area contributed by atoms with E-state index in [0.717, 1.165) is 6.07 Å². The fraction of sp³-hybridized carbons (Fsp3) is 0.455. The summed E-state index contributed by atoms with van der Waals surface area (Å²) in [5.41, 5.74) is 5.38. The lowest BCUT2D eigenvalue weighted by molar-refractivity contribution is 0.147. The molecule has 1 rings (SSSR count). The maximum atomic E-state index is 12.6. The van der Waals surface area contributed by atoms with Crippen LogP contribution in [0.25, 0.3) is 0 Å². The van der Waals surface area contributed by atoms with Crippen LogP contribution in [0.3, 0.4) is 0 Å². The number of phenolic OH excluding ortho intramolecular Hbond substituents is 1. The summed E-state index contributed by atoms with van der Waals surface area (Å²) in [6.07, 6.45) is -1.63. The van der Waals surface area contributed by atoms with E-state index >= 15 is 0 Å². The van der Waals surface area contributed by atoms with Crippen LogP contribution in [0.2, 0.25) is 0 Å². The van der Waals surface area contributed by atoms with Crippen LogP contribution in [0.4, 0.5) is 8.78 Å². The van der Waals surface area contributed by atoms with Gasteiger partial charge in [0.2, 0.25) is 0 Å². The van der Waals surface area contributed by atoms with E-state index in [2.05, 4.69) is 0 Å². The average Bonchev–Trinajstić information content (AvgIpc) is 2.27. The number of phenols is 1. The molecule has 0 unspecified atom stereocenters. The van der Waals surface area contributed by atoms with Gasteiger partial charge in [0.25, 0.3) is 6.43 Å². The van der Waals surface area contributed by atoms with Gasteiger partial charge in [-0.15, -0.1) is 0 Å². The van der Waals surface area contributed by atoms with Crippen molar-refractivity contribution >= 4 is 0 Å². The first-order valence-corrected chi connectivity index (χ1v) is 4.98. The highest BCUT2D eigenvalue weighted by atomic mass is 19.3. The number of hydrogen-bond donors (Lipinski definition) is 2. The minimum Gasteiger partial charge on any atom is -0.507 e. The number of halogens is 2. The monoisotopic (exact) mass is 231 g/mol. The number of benzene rings is 1. The third-order valence-electron chi connectivity index (χ3n) is 2.31. The number of ether oxygens (including phenoxy) is 1. The molecule has 0 bridgehead atoms. The van der Waals surface area contributed by atoms with E-state index in [-0.39, 0.29) is 5.75 Å². The second-order valence-corrected chi connectivity index (χ2v) is 3.42. The van der Waals surface area contributed by atoms with Gasteiger partial charge in [0.1, 0.15) is 11.5 Å². The fourth-order valence-electron chi connectivity index (χ4n) is 1.46. The van der Waals surface area contributed by atoms with Crippen LogP contribution in [0.15, 0.2) is 12.1 Å². The maximum absolute atomic E-state index is 12.6. The van der Waals surface area contributed by atoms with Gasteiger partial charge in [-0.25, -0.2) is 8.78 Å². The molecule has 0 fully saturated rings. The molecule has 0 atom stereocenters. The zero-order valence-electron chi connectivity index (χ0n) is 9.04. The summed E-state index contributed by atoms with van der Waals surface area (Å²) in [6.45, 7) is 0.445. The van der Waals surface area contributed by atoms with E-state index in [0.29, 0.717) is 30.7 Å². The molecule has 90 valence electrons. The van der Waals surface area contributed by atoms with Crippen LogP contribution in [-0.4, -0.2) is 18.8 Å². The minimum absolute atomic E-state index is 0.320. The molecule has 0 heterocycles. The van der Waals surface area contributed by atoms with Crippen molar-refractivity contribution < 1.29 is 18.6 Å². The summed E-state index contributed by atoms with van der Waals surface area (Å²) >= 11 is 0. The third kappa shape index (κ3) is 2.82. The van der Waals surface area contributed by atoms with Crippen LogP contribution in [0.5, 0.6) is 11.5 Å². The quantitative estimate of drug-likeness (QED) is 0.817. The second-order valence-electron chi connectivity index (χ2n) is 3.42. The summed E-state index contributed by atoms with van der Waals surface area (Å²) in [5, 5.41) is 9.63. The van der Waals surface area contributed by atoms with Gasteiger partial charge < -0.3 is 15.6 Å². The highest BCUT2D eigenvalue weighted by molar-refractivity contribution is 5.47. The largest absolute Gasteiger partial charge is 0.507 e. The van der Waals surface area contributed by atoms with Crippen LogP contribution < -0.4 is 10.5 Å². The minimum atomic E-state index is -2.72. The Hall–Kier alpha value is -1.36. The summed E-state index contributed by atoms with van der Waals surface area (Å²) < 4.78 is 30.1. The average molecular weight is 231 g/mol. The topological polar surface area (TPSA) is 55.5 Å². The lowest BCUT2D eigenvalue weighted by atomic mass is 10.0. The molecule has 0 aromatic heterocycles. The lowest BCUT2D eigenvalue weighted by Gasteiger charge is -2.11. The first-order chi connectivity index (χ1) is 7.60. The smallest absolute Gasteiger partial charge is 0.267 e. The molecule has 0 saturated heterocycles. The molecule has 5 heteroatoms. The predicted octanol–water partition coefficient (Wildman–Crippen LogP) is 2.23. The van der Waals surface area contributed by atoms with Crippen molar-refractivity contribution in [1.82, 2.24) is 0 Å². The van der Waals surface area contributed by atoms with Crippen LogP contribution in [0, 0.1) is 0 Å². The molecule has 3 N–H and O–H groups in total. The van der Waals surface area contributed by atoms with Gasteiger partial charge in [-0.2, -0.15) is 0 Å². The number of methoxy groups -OCH3 is 1. The van der Waals surface area contributed by atoms with Gasteiger partial charge in [0.05, 0.1) is 12.7 Å². The van der Waals surface area contributed by atoms with Gasteiger partial charge >= 0.3 is 0 Å². The zero-order chi connectivity index (χ0) is 12.1. The lowest BCUT2D eigenvalue weighted by Crippen LogP contribution is -2.02. The molecule has 0 aliphatic heterocycles. The summed E-state index contributed by atoms with van der Waals surface area (Å²) in [5.74, 6) is -0.0376. The Labute approximate surface area is 92.8 Å². The fourth-order valence-corrected chi connectivity index (χ4v) is 1.46. The van der Waals surface area contributed by atoms with E-state index in [1.54, 1.807) is 6.07 Å². The summed E-state index contributed by atoms with van der Waals surface area (Å²) in [4.78, 5) is 0. The molecule has 0 saturated carbocycles. The van der Waals surface area contributed by atoms with Crippen LogP contribution in [-0.2, 0) is 6.42 Å². The molecule has 0 radical (unpaired) electrons. The first kappa shape index (κ1) is 12.7. The molecule has 0 aliphatic carbocycles. The van der Waals surface area contributed by atoms with Crippen molar-refractivity contribution in [1.29, 1.82) is 0 Å². The first-order valence-electron chi connectivity index (χ1n) is 4.98. The molecule has 1 aromatic rings. The highest BCUT2D eigenvalue weighted by Crippen LogP contribution is 2.35. The molecule has 1 aromatic carbocycles. The Bertz CT molecular complexity index is 356. The highest BCUT2D eigenvalue weighted by Gasteiger charge is 2.17. The normalized spacial score (nSPS) is 10.8. The number of nitrogens with two attached hydrogens (primary N) is 1. The zero-order valence-corrected chi connectivity index (χ0v) is 9.04. The van der Waals surface area contributed by atoms with Crippen molar-refractivity contribution in [3.05, 3.63) is 23.3 Å². The number of aryl methyl sites for hydroxylation is 1. The van der Waals surface area contributed by atoms with Gasteiger partial charge in [-0.3, -0.25) is 0 Å². The van der Waals surface area contributed by atoms with Gasteiger partial charge in [0, 0.05) is 0 Å².